The van der Waals surface area contributed by atoms with E-state index in [2.05, 4.69) is 39.8 Å². The highest BCUT2D eigenvalue weighted by atomic mass is 16.5. The van der Waals surface area contributed by atoms with Gasteiger partial charge in [-0.1, -0.05) is 0 Å². The van der Waals surface area contributed by atoms with E-state index in [4.69, 9.17) is 4.74 Å². The Kier molecular flexibility index (Phi) is 6.64. The van der Waals surface area contributed by atoms with Crippen molar-refractivity contribution in [3.63, 3.8) is 0 Å². The first-order chi connectivity index (χ1) is 5.50. The Bertz CT molecular complexity index is 117. The molecule has 0 aromatic rings. The van der Waals surface area contributed by atoms with Gasteiger partial charge in [0.05, 0.1) is 5.60 Å². The summed E-state index contributed by atoms with van der Waals surface area (Å²) in [7, 11) is 5.88. The van der Waals surface area contributed by atoms with Gasteiger partial charge in [-0.2, -0.15) is 0 Å². The Morgan fingerprint density at radius 2 is 1.00 bits per heavy atom. The van der Waals surface area contributed by atoms with Gasteiger partial charge < -0.3 is 9.64 Å². The van der Waals surface area contributed by atoms with E-state index in [0.29, 0.717) is 5.54 Å². The number of methoxy groups -OCH3 is 1. The summed E-state index contributed by atoms with van der Waals surface area (Å²) >= 11 is 0. The van der Waals surface area contributed by atoms with Crippen LogP contribution in [0.2, 0.25) is 0 Å². The largest absolute Gasteiger partial charge is 0.379 e. The maximum atomic E-state index is 4.94. The predicted molar refractivity (Wildman–Crippen MR) is 60.2 cm³/mol. The van der Waals surface area contributed by atoms with Gasteiger partial charge in [-0.25, -0.2) is 0 Å². The molecule has 0 atom stereocenters. The highest BCUT2D eigenvalue weighted by Crippen LogP contribution is 2.05. The van der Waals surface area contributed by atoms with Crippen LogP contribution in [0.3, 0.4) is 0 Å². The number of rotatable bonds is 0. The van der Waals surface area contributed by atoms with Crippen LogP contribution in [0.1, 0.15) is 41.5 Å². The van der Waals surface area contributed by atoms with Crippen LogP contribution >= 0.6 is 0 Å². The first-order valence-corrected chi connectivity index (χ1v) is 4.73. The zero-order chi connectivity index (χ0) is 11.3. The van der Waals surface area contributed by atoms with Gasteiger partial charge in [-0.05, 0) is 55.6 Å². The molecule has 0 saturated carbocycles. The summed E-state index contributed by atoms with van der Waals surface area (Å²) in [6, 6.07) is 0. The smallest absolute Gasteiger partial charge is 0.0594 e. The van der Waals surface area contributed by atoms with Crippen molar-refractivity contribution < 1.29 is 4.74 Å². The molecule has 0 amide bonds. The quantitative estimate of drug-likeness (QED) is 0.581. The van der Waals surface area contributed by atoms with E-state index in [1.165, 1.54) is 0 Å². The summed E-state index contributed by atoms with van der Waals surface area (Å²) in [5, 5.41) is 0. The zero-order valence-electron chi connectivity index (χ0n) is 10.9. The van der Waals surface area contributed by atoms with Crippen molar-refractivity contribution in [1.82, 2.24) is 4.90 Å². The summed E-state index contributed by atoms with van der Waals surface area (Å²) in [6.45, 7) is 12.6. The fraction of sp³-hybridized carbons (Fsp3) is 1.00. The molecule has 0 fully saturated rings. The molecular formula is C11H27NO. The maximum Gasteiger partial charge on any atom is 0.0594 e. The zero-order valence-corrected chi connectivity index (χ0v) is 10.9. The van der Waals surface area contributed by atoms with E-state index < -0.39 is 0 Å². The van der Waals surface area contributed by atoms with E-state index in [1.54, 1.807) is 7.11 Å². The molecule has 0 heterocycles. The molecule has 2 heteroatoms. The van der Waals surface area contributed by atoms with Crippen LogP contribution in [-0.4, -0.2) is 37.2 Å². The monoisotopic (exact) mass is 189 g/mol. The van der Waals surface area contributed by atoms with Crippen molar-refractivity contribution in [2.24, 2.45) is 0 Å². The van der Waals surface area contributed by atoms with Gasteiger partial charge in [0.1, 0.15) is 0 Å². The molecule has 82 valence electrons. The minimum atomic E-state index is 0.0417. The van der Waals surface area contributed by atoms with Gasteiger partial charge in [0.15, 0.2) is 0 Å². The standard InChI is InChI=1S/C6H15N.C5H12O/c1-6(2,3)7(4)5;1-5(2,3)6-4/h1-5H3;1-4H3. The Hall–Kier alpha value is -0.0800. The first kappa shape index (κ1) is 15.4. The summed E-state index contributed by atoms with van der Waals surface area (Å²) in [6.07, 6.45) is 0. The normalized spacial score (nSPS) is 12.5. The van der Waals surface area contributed by atoms with Crippen molar-refractivity contribution in [1.29, 1.82) is 0 Å². The van der Waals surface area contributed by atoms with Crippen molar-refractivity contribution in [2.45, 2.75) is 52.7 Å². The molecule has 13 heavy (non-hydrogen) atoms. The van der Waals surface area contributed by atoms with Crippen LogP contribution in [-0.2, 0) is 4.74 Å². The lowest BCUT2D eigenvalue weighted by molar-refractivity contribution is 0.0397. The van der Waals surface area contributed by atoms with Crippen LogP contribution < -0.4 is 0 Å². The van der Waals surface area contributed by atoms with E-state index >= 15 is 0 Å². The fourth-order valence-electron chi connectivity index (χ4n) is 0. The highest BCUT2D eigenvalue weighted by Gasteiger charge is 2.10. The average molecular weight is 189 g/mol. The molecule has 0 aliphatic rings. The molecule has 0 N–H and O–H groups in total. The lowest BCUT2D eigenvalue weighted by atomic mass is 10.1. The van der Waals surface area contributed by atoms with Crippen molar-refractivity contribution in [2.75, 3.05) is 21.2 Å². The Labute approximate surface area is 84.3 Å². The molecule has 0 saturated heterocycles. The fourth-order valence-corrected chi connectivity index (χ4v) is 0. The molecule has 2 nitrogen and oxygen atoms in total. The second kappa shape index (κ2) is 5.61. The van der Waals surface area contributed by atoms with Gasteiger partial charge in [0.2, 0.25) is 0 Å². The maximum absolute atomic E-state index is 4.94. The Morgan fingerprint density at radius 1 is 0.846 bits per heavy atom. The lowest BCUT2D eigenvalue weighted by Crippen LogP contribution is -2.34. The van der Waals surface area contributed by atoms with E-state index in [0.717, 1.165) is 0 Å². The second-order valence-corrected chi connectivity index (χ2v) is 5.38. The minimum absolute atomic E-state index is 0.0417. The van der Waals surface area contributed by atoms with Crippen molar-refractivity contribution in [3.05, 3.63) is 0 Å². The van der Waals surface area contributed by atoms with E-state index in [9.17, 15) is 0 Å². The lowest BCUT2D eigenvalue weighted by Gasteiger charge is -2.27. The molecule has 0 aliphatic heterocycles. The van der Waals surface area contributed by atoms with Gasteiger partial charge >= 0.3 is 0 Å². The van der Waals surface area contributed by atoms with Crippen LogP contribution in [0.4, 0.5) is 0 Å². The summed E-state index contributed by atoms with van der Waals surface area (Å²) < 4.78 is 4.94. The molecular weight excluding hydrogens is 162 g/mol. The molecule has 0 aromatic heterocycles. The molecule has 0 rings (SSSR count). The topological polar surface area (TPSA) is 12.5 Å². The third-order valence-corrected chi connectivity index (χ3v) is 1.95. The van der Waals surface area contributed by atoms with Gasteiger partial charge in [0, 0.05) is 12.6 Å². The van der Waals surface area contributed by atoms with Crippen LogP contribution in [0.15, 0.2) is 0 Å². The minimum Gasteiger partial charge on any atom is -0.379 e. The van der Waals surface area contributed by atoms with E-state index in [-0.39, 0.29) is 5.60 Å². The molecule has 0 unspecified atom stereocenters. The number of hydrogen-bond donors (Lipinski definition) is 0. The van der Waals surface area contributed by atoms with Crippen molar-refractivity contribution in [3.8, 4) is 0 Å². The number of ether oxygens (including phenoxy) is 1. The van der Waals surface area contributed by atoms with Gasteiger partial charge in [-0.3, -0.25) is 0 Å². The molecule has 0 radical (unpaired) electrons. The average Bonchev–Trinajstić information content (AvgIpc) is 1.85. The van der Waals surface area contributed by atoms with Crippen molar-refractivity contribution >= 4 is 0 Å². The van der Waals surface area contributed by atoms with Crippen LogP contribution in [0.5, 0.6) is 0 Å². The summed E-state index contributed by atoms with van der Waals surface area (Å²) in [5.41, 5.74) is 0.375. The molecule has 0 spiro atoms. The SMILES string of the molecule is CN(C)C(C)(C)C.COC(C)(C)C. The van der Waals surface area contributed by atoms with Crippen LogP contribution in [0.25, 0.3) is 0 Å². The summed E-state index contributed by atoms with van der Waals surface area (Å²) in [4.78, 5) is 2.19. The number of nitrogens with zero attached hydrogens (tertiary/aromatic N) is 1. The first-order valence-electron chi connectivity index (χ1n) is 4.73. The van der Waals surface area contributed by atoms with Gasteiger partial charge in [-0.15, -0.1) is 0 Å². The molecule has 0 bridgehead atoms. The molecule has 0 aromatic carbocycles. The Morgan fingerprint density at radius 3 is 1.00 bits per heavy atom. The number of hydrogen-bond acceptors (Lipinski definition) is 2. The third kappa shape index (κ3) is 14.7. The summed E-state index contributed by atoms with van der Waals surface area (Å²) in [5.74, 6) is 0. The second-order valence-electron chi connectivity index (χ2n) is 5.38. The molecule has 0 aliphatic carbocycles. The third-order valence-electron chi connectivity index (χ3n) is 1.95. The predicted octanol–water partition coefficient (Wildman–Crippen LogP) is 2.78. The highest BCUT2D eigenvalue weighted by molar-refractivity contribution is 4.68. The van der Waals surface area contributed by atoms with E-state index in [1.807, 2.05) is 20.8 Å². The van der Waals surface area contributed by atoms with Gasteiger partial charge in [0.25, 0.3) is 0 Å². The Balaban J connectivity index is 0. The van der Waals surface area contributed by atoms with Crippen LogP contribution in [0, 0.1) is 0 Å².